The van der Waals surface area contributed by atoms with Gasteiger partial charge in [0.1, 0.15) is 5.78 Å². The van der Waals surface area contributed by atoms with E-state index in [0.717, 1.165) is 13.0 Å². The number of hydrogen-bond donors (Lipinski definition) is 0. The van der Waals surface area contributed by atoms with E-state index < -0.39 is 0 Å². The molecule has 0 aliphatic carbocycles. The summed E-state index contributed by atoms with van der Waals surface area (Å²) in [5.41, 5.74) is 5.07. The van der Waals surface area contributed by atoms with E-state index >= 15 is 0 Å². The lowest BCUT2D eigenvalue weighted by atomic mass is 9.97. The third-order valence-electron chi connectivity index (χ3n) is 3.53. The van der Waals surface area contributed by atoms with E-state index in [1.54, 1.807) is 6.92 Å². The zero-order valence-electron chi connectivity index (χ0n) is 13.1. The molecule has 0 amide bonds. The van der Waals surface area contributed by atoms with Crippen LogP contribution in [-0.2, 0) is 17.8 Å². The molecule has 0 N–H and O–H groups in total. The van der Waals surface area contributed by atoms with Crippen molar-refractivity contribution in [2.75, 3.05) is 14.1 Å². The van der Waals surface area contributed by atoms with Crippen LogP contribution in [0.1, 0.15) is 24.5 Å². The average molecular weight is 281 g/mol. The van der Waals surface area contributed by atoms with Crippen LogP contribution in [0.3, 0.4) is 0 Å². The normalized spacial score (nSPS) is 10.9. The number of ketones is 1. The molecule has 0 aliphatic heterocycles. The van der Waals surface area contributed by atoms with Crippen LogP contribution in [0.15, 0.2) is 48.5 Å². The largest absolute Gasteiger partial charge is 0.305 e. The highest BCUT2D eigenvalue weighted by molar-refractivity contribution is 5.75. The number of nitrogens with zero attached hydrogens (tertiary/aromatic N) is 1. The van der Waals surface area contributed by atoms with Crippen LogP contribution in [-0.4, -0.2) is 24.8 Å². The van der Waals surface area contributed by atoms with Crippen molar-refractivity contribution in [1.82, 2.24) is 4.90 Å². The van der Waals surface area contributed by atoms with Gasteiger partial charge in [-0.05, 0) is 49.7 Å². The van der Waals surface area contributed by atoms with Crippen molar-refractivity contribution in [1.29, 1.82) is 0 Å². The summed E-state index contributed by atoms with van der Waals surface area (Å²) < 4.78 is 0. The number of hydrogen-bond acceptors (Lipinski definition) is 2. The molecule has 0 aromatic heterocycles. The predicted octanol–water partition coefficient (Wildman–Crippen LogP) is 3.94. The highest BCUT2D eigenvalue weighted by Gasteiger charge is 2.06. The van der Waals surface area contributed by atoms with E-state index in [4.69, 9.17) is 0 Å². The lowest BCUT2D eigenvalue weighted by Crippen LogP contribution is -2.11. The van der Waals surface area contributed by atoms with Gasteiger partial charge in [0.25, 0.3) is 0 Å². The molecule has 0 saturated carbocycles. The van der Waals surface area contributed by atoms with Gasteiger partial charge in [0, 0.05) is 13.0 Å². The van der Waals surface area contributed by atoms with Crippen molar-refractivity contribution < 1.29 is 4.79 Å². The first-order valence-corrected chi connectivity index (χ1v) is 7.37. The SMILES string of the molecule is CC(=O)CCc1ccc(-c2ccccc2CN(C)C)cc1. The van der Waals surface area contributed by atoms with Crippen molar-refractivity contribution in [3.8, 4) is 11.1 Å². The van der Waals surface area contributed by atoms with Crippen molar-refractivity contribution in [2.45, 2.75) is 26.3 Å². The Bertz CT molecular complexity index is 599. The Kier molecular flexibility index (Phi) is 5.29. The molecule has 0 aliphatic rings. The molecule has 0 fully saturated rings. The number of aryl methyl sites for hydroxylation is 1. The Labute approximate surface area is 127 Å². The Morgan fingerprint density at radius 3 is 2.29 bits per heavy atom. The second-order valence-electron chi connectivity index (χ2n) is 5.79. The number of carbonyl (C=O) groups excluding carboxylic acids is 1. The molecule has 0 saturated heterocycles. The molecule has 110 valence electrons. The first-order chi connectivity index (χ1) is 10.1. The molecular formula is C19H23NO. The van der Waals surface area contributed by atoms with Crippen LogP contribution >= 0.6 is 0 Å². The molecular weight excluding hydrogens is 258 g/mol. The minimum atomic E-state index is 0.246. The summed E-state index contributed by atoms with van der Waals surface area (Å²) in [5, 5.41) is 0. The number of benzene rings is 2. The van der Waals surface area contributed by atoms with Crippen LogP contribution in [0, 0.1) is 0 Å². The monoisotopic (exact) mass is 281 g/mol. The fraction of sp³-hybridized carbons (Fsp3) is 0.316. The van der Waals surface area contributed by atoms with Crippen molar-refractivity contribution in [3.05, 3.63) is 59.7 Å². The van der Waals surface area contributed by atoms with Gasteiger partial charge >= 0.3 is 0 Å². The summed E-state index contributed by atoms with van der Waals surface area (Å²) in [7, 11) is 4.17. The van der Waals surface area contributed by atoms with Crippen molar-refractivity contribution in [2.24, 2.45) is 0 Å². The van der Waals surface area contributed by atoms with Crippen LogP contribution in [0.4, 0.5) is 0 Å². The standard InChI is InChI=1S/C19H23NO/c1-15(21)8-9-16-10-12-17(13-11-16)19-7-5-4-6-18(19)14-20(2)3/h4-7,10-13H,8-9,14H2,1-3H3. The molecule has 2 aromatic carbocycles. The lowest BCUT2D eigenvalue weighted by Gasteiger charge is -2.14. The first kappa shape index (κ1) is 15.5. The van der Waals surface area contributed by atoms with Gasteiger partial charge in [-0.2, -0.15) is 0 Å². The minimum absolute atomic E-state index is 0.246. The van der Waals surface area contributed by atoms with Crippen molar-refractivity contribution >= 4 is 5.78 Å². The van der Waals surface area contributed by atoms with Gasteiger partial charge in [0.05, 0.1) is 0 Å². The van der Waals surface area contributed by atoms with E-state index in [2.05, 4.69) is 67.5 Å². The molecule has 0 unspecified atom stereocenters. The van der Waals surface area contributed by atoms with E-state index in [-0.39, 0.29) is 5.78 Å². The molecule has 2 aromatic rings. The van der Waals surface area contributed by atoms with Crippen LogP contribution in [0.2, 0.25) is 0 Å². The fourth-order valence-electron chi connectivity index (χ4n) is 2.45. The van der Waals surface area contributed by atoms with Gasteiger partial charge in [0.15, 0.2) is 0 Å². The zero-order valence-corrected chi connectivity index (χ0v) is 13.1. The maximum absolute atomic E-state index is 11.0. The molecule has 2 heteroatoms. The molecule has 0 radical (unpaired) electrons. The summed E-state index contributed by atoms with van der Waals surface area (Å²) in [6, 6.07) is 17.1. The third-order valence-corrected chi connectivity index (χ3v) is 3.53. The number of carbonyl (C=O) groups is 1. The Hall–Kier alpha value is -1.93. The first-order valence-electron chi connectivity index (χ1n) is 7.37. The maximum atomic E-state index is 11.0. The van der Waals surface area contributed by atoms with Gasteiger partial charge in [-0.15, -0.1) is 0 Å². The van der Waals surface area contributed by atoms with E-state index in [0.29, 0.717) is 6.42 Å². The second kappa shape index (κ2) is 7.19. The number of rotatable bonds is 6. The average Bonchev–Trinajstić information content (AvgIpc) is 2.46. The molecule has 0 heterocycles. The van der Waals surface area contributed by atoms with Gasteiger partial charge in [-0.3, -0.25) is 0 Å². The molecule has 2 rings (SSSR count). The quantitative estimate of drug-likeness (QED) is 0.799. The fourth-order valence-corrected chi connectivity index (χ4v) is 2.45. The van der Waals surface area contributed by atoms with Gasteiger partial charge in [-0.1, -0.05) is 48.5 Å². The Morgan fingerprint density at radius 2 is 1.67 bits per heavy atom. The molecule has 0 bridgehead atoms. The van der Waals surface area contributed by atoms with Crippen LogP contribution in [0.5, 0.6) is 0 Å². The second-order valence-corrected chi connectivity index (χ2v) is 5.79. The molecule has 0 spiro atoms. The molecule has 0 atom stereocenters. The Balaban J connectivity index is 2.20. The Morgan fingerprint density at radius 1 is 1.00 bits per heavy atom. The maximum Gasteiger partial charge on any atom is 0.130 e. The lowest BCUT2D eigenvalue weighted by molar-refractivity contribution is -0.116. The van der Waals surface area contributed by atoms with Crippen molar-refractivity contribution in [3.63, 3.8) is 0 Å². The van der Waals surface area contributed by atoms with E-state index in [1.165, 1.54) is 22.3 Å². The highest BCUT2D eigenvalue weighted by atomic mass is 16.1. The number of Topliss-reactive ketones (excluding diaryl/α,β-unsaturated/α-hetero) is 1. The summed E-state index contributed by atoms with van der Waals surface area (Å²) >= 11 is 0. The van der Waals surface area contributed by atoms with Crippen LogP contribution < -0.4 is 0 Å². The molecule has 21 heavy (non-hydrogen) atoms. The summed E-state index contributed by atoms with van der Waals surface area (Å²) in [4.78, 5) is 13.2. The highest BCUT2D eigenvalue weighted by Crippen LogP contribution is 2.25. The van der Waals surface area contributed by atoms with Crippen LogP contribution in [0.25, 0.3) is 11.1 Å². The van der Waals surface area contributed by atoms with Gasteiger partial charge < -0.3 is 9.69 Å². The zero-order chi connectivity index (χ0) is 15.2. The smallest absolute Gasteiger partial charge is 0.130 e. The topological polar surface area (TPSA) is 20.3 Å². The third kappa shape index (κ3) is 4.54. The summed E-state index contributed by atoms with van der Waals surface area (Å²) in [6.07, 6.45) is 1.45. The minimum Gasteiger partial charge on any atom is -0.305 e. The summed E-state index contributed by atoms with van der Waals surface area (Å²) in [6.45, 7) is 2.58. The van der Waals surface area contributed by atoms with E-state index in [9.17, 15) is 4.79 Å². The van der Waals surface area contributed by atoms with Gasteiger partial charge in [-0.25, -0.2) is 0 Å². The summed E-state index contributed by atoms with van der Waals surface area (Å²) in [5.74, 6) is 0.246. The van der Waals surface area contributed by atoms with E-state index in [1.807, 2.05) is 0 Å². The van der Waals surface area contributed by atoms with Gasteiger partial charge in [0.2, 0.25) is 0 Å². The predicted molar refractivity (Wildman–Crippen MR) is 88.3 cm³/mol. The molecule has 2 nitrogen and oxygen atoms in total.